The van der Waals surface area contributed by atoms with Gasteiger partial charge in [0.05, 0.1) is 5.41 Å². The van der Waals surface area contributed by atoms with Crippen molar-refractivity contribution in [3.8, 4) is 0 Å². The van der Waals surface area contributed by atoms with Crippen molar-refractivity contribution >= 4 is 11.9 Å². The van der Waals surface area contributed by atoms with Crippen LogP contribution in [0.1, 0.15) is 24.2 Å². The molecule has 1 aromatic rings. The van der Waals surface area contributed by atoms with Gasteiger partial charge in [0.1, 0.15) is 5.82 Å². The van der Waals surface area contributed by atoms with E-state index in [4.69, 9.17) is 5.11 Å². The summed E-state index contributed by atoms with van der Waals surface area (Å²) in [5.41, 5.74) is -0.880. The van der Waals surface area contributed by atoms with Crippen LogP contribution < -0.4 is 5.32 Å². The highest BCUT2D eigenvalue weighted by Gasteiger charge is 2.27. The minimum atomic E-state index is -1.05. The Morgan fingerprint density at radius 3 is 2.59 bits per heavy atom. The van der Waals surface area contributed by atoms with Crippen LogP contribution in [-0.2, 0) is 4.79 Å². The Balaban J connectivity index is 2.65. The molecule has 0 aliphatic carbocycles. The van der Waals surface area contributed by atoms with Crippen molar-refractivity contribution in [3.05, 3.63) is 35.6 Å². The molecule has 0 fully saturated rings. The molecule has 17 heavy (non-hydrogen) atoms. The molecule has 0 aliphatic rings. The fourth-order valence-electron chi connectivity index (χ4n) is 1.11. The maximum atomic E-state index is 12.9. The van der Waals surface area contributed by atoms with E-state index < -0.39 is 23.1 Å². The van der Waals surface area contributed by atoms with Gasteiger partial charge in [0, 0.05) is 12.1 Å². The van der Waals surface area contributed by atoms with E-state index in [1.165, 1.54) is 32.0 Å². The molecule has 0 bridgehead atoms. The van der Waals surface area contributed by atoms with E-state index in [1.807, 2.05) is 0 Å². The number of amides is 1. The van der Waals surface area contributed by atoms with Gasteiger partial charge in [-0.2, -0.15) is 0 Å². The molecule has 1 rings (SSSR count). The summed E-state index contributed by atoms with van der Waals surface area (Å²) in [6.07, 6.45) is 0. The standard InChI is InChI=1S/C12H14FNO3/c1-12(2,11(16)17)7-14-10(15)8-4-3-5-9(13)6-8/h3-6H,7H2,1-2H3,(H,14,15)(H,16,17). The van der Waals surface area contributed by atoms with Crippen molar-refractivity contribution in [1.82, 2.24) is 5.32 Å². The Morgan fingerprint density at radius 1 is 1.41 bits per heavy atom. The third kappa shape index (κ3) is 3.55. The molecule has 92 valence electrons. The highest BCUT2D eigenvalue weighted by atomic mass is 19.1. The van der Waals surface area contributed by atoms with Crippen LogP contribution in [0.25, 0.3) is 0 Å². The zero-order valence-electron chi connectivity index (χ0n) is 9.66. The average molecular weight is 239 g/mol. The van der Waals surface area contributed by atoms with Crippen molar-refractivity contribution in [3.63, 3.8) is 0 Å². The van der Waals surface area contributed by atoms with E-state index in [2.05, 4.69) is 5.32 Å². The molecular weight excluding hydrogens is 225 g/mol. The molecule has 0 spiro atoms. The smallest absolute Gasteiger partial charge is 0.310 e. The molecule has 0 heterocycles. The number of carboxylic acid groups (broad SMARTS) is 1. The first kappa shape index (κ1) is 13.2. The highest BCUT2D eigenvalue weighted by molar-refractivity contribution is 5.94. The Bertz CT molecular complexity index is 443. The number of aliphatic carboxylic acids is 1. The average Bonchev–Trinajstić information content (AvgIpc) is 2.25. The largest absolute Gasteiger partial charge is 0.481 e. The lowest BCUT2D eigenvalue weighted by atomic mass is 9.94. The Kier molecular flexibility index (Phi) is 3.83. The van der Waals surface area contributed by atoms with Crippen molar-refractivity contribution < 1.29 is 19.1 Å². The first-order valence-electron chi connectivity index (χ1n) is 5.10. The molecule has 0 aromatic heterocycles. The van der Waals surface area contributed by atoms with Crippen LogP contribution in [0.15, 0.2) is 24.3 Å². The quantitative estimate of drug-likeness (QED) is 0.839. The van der Waals surface area contributed by atoms with Crippen molar-refractivity contribution in [2.24, 2.45) is 5.41 Å². The van der Waals surface area contributed by atoms with E-state index in [0.29, 0.717) is 0 Å². The Hall–Kier alpha value is -1.91. The summed E-state index contributed by atoms with van der Waals surface area (Å²) < 4.78 is 12.9. The molecular formula is C12H14FNO3. The molecule has 5 heteroatoms. The van der Waals surface area contributed by atoms with Gasteiger partial charge in [-0.15, -0.1) is 0 Å². The Morgan fingerprint density at radius 2 is 2.06 bits per heavy atom. The van der Waals surface area contributed by atoms with Crippen molar-refractivity contribution in [1.29, 1.82) is 0 Å². The highest BCUT2D eigenvalue weighted by Crippen LogP contribution is 2.13. The molecule has 4 nitrogen and oxygen atoms in total. The van der Waals surface area contributed by atoms with Crippen LogP contribution in [0.2, 0.25) is 0 Å². The summed E-state index contributed by atoms with van der Waals surface area (Å²) in [6, 6.07) is 5.22. The lowest BCUT2D eigenvalue weighted by Crippen LogP contribution is -2.38. The zero-order chi connectivity index (χ0) is 13.1. The fourth-order valence-corrected chi connectivity index (χ4v) is 1.11. The third-order valence-corrected chi connectivity index (χ3v) is 2.36. The van der Waals surface area contributed by atoms with Gasteiger partial charge in [-0.05, 0) is 32.0 Å². The number of carbonyl (C=O) groups excluding carboxylic acids is 1. The van der Waals surface area contributed by atoms with Gasteiger partial charge in [0.25, 0.3) is 5.91 Å². The van der Waals surface area contributed by atoms with Crippen LogP contribution in [0, 0.1) is 11.2 Å². The maximum absolute atomic E-state index is 12.9. The second-order valence-electron chi connectivity index (χ2n) is 4.38. The zero-order valence-corrected chi connectivity index (χ0v) is 9.66. The first-order valence-corrected chi connectivity index (χ1v) is 5.10. The minimum absolute atomic E-state index is 0.0162. The lowest BCUT2D eigenvalue weighted by molar-refractivity contribution is -0.146. The van der Waals surface area contributed by atoms with E-state index in [-0.39, 0.29) is 12.1 Å². The van der Waals surface area contributed by atoms with Gasteiger partial charge in [0.15, 0.2) is 0 Å². The van der Waals surface area contributed by atoms with Gasteiger partial charge in [-0.25, -0.2) is 4.39 Å². The van der Waals surface area contributed by atoms with E-state index in [0.717, 1.165) is 6.07 Å². The molecule has 0 aliphatic heterocycles. The number of halogens is 1. The number of hydrogen-bond acceptors (Lipinski definition) is 2. The maximum Gasteiger partial charge on any atom is 0.310 e. The predicted octanol–water partition coefficient (Wildman–Crippen LogP) is 1.67. The summed E-state index contributed by atoms with van der Waals surface area (Å²) >= 11 is 0. The van der Waals surface area contributed by atoms with Gasteiger partial charge in [0.2, 0.25) is 0 Å². The molecule has 0 saturated heterocycles. The number of hydrogen-bond donors (Lipinski definition) is 2. The topological polar surface area (TPSA) is 66.4 Å². The summed E-state index contributed by atoms with van der Waals surface area (Å²) in [4.78, 5) is 22.4. The summed E-state index contributed by atoms with van der Waals surface area (Å²) in [5, 5.41) is 11.3. The lowest BCUT2D eigenvalue weighted by Gasteiger charge is -2.19. The molecule has 0 unspecified atom stereocenters. The van der Waals surface area contributed by atoms with Crippen LogP contribution in [0.3, 0.4) is 0 Å². The monoisotopic (exact) mass is 239 g/mol. The predicted molar refractivity (Wildman–Crippen MR) is 60.2 cm³/mol. The van der Waals surface area contributed by atoms with Crippen LogP contribution in [0.5, 0.6) is 0 Å². The second kappa shape index (κ2) is 4.95. The minimum Gasteiger partial charge on any atom is -0.481 e. The molecule has 0 atom stereocenters. The fraction of sp³-hybridized carbons (Fsp3) is 0.333. The number of nitrogens with one attached hydrogen (secondary N) is 1. The molecule has 1 aromatic carbocycles. The van der Waals surface area contributed by atoms with E-state index >= 15 is 0 Å². The van der Waals surface area contributed by atoms with Crippen LogP contribution in [0.4, 0.5) is 4.39 Å². The first-order chi connectivity index (χ1) is 7.83. The van der Waals surface area contributed by atoms with Crippen LogP contribution in [-0.4, -0.2) is 23.5 Å². The Labute approximate surface area is 98.5 Å². The van der Waals surface area contributed by atoms with E-state index in [1.54, 1.807) is 0 Å². The second-order valence-corrected chi connectivity index (χ2v) is 4.38. The SMILES string of the molecule is CC(C)(CNC(=O)c1cccc(F)c1)C(=O)O. The third-order valence-electron chi connectivity index (χ3n) is 2.36. The number of rotatable bonds is 4. The molecule has 0 radical (unpaired) electrons. The summed E-state index contributed by atoms with van der Waals surface area (Å²) in [6.45, 7) is 2.99. The van der Waals surface area contributed by atoms with Crippen molar-refractivity contribution in [2.45, 2.75) is 13.8 Å². The van der Waals surface area contributed by atoms with Gasteiger partial charge in [-0.1, -0.05) is 6.07 Å². The number of carbonyl (C=O) groups is 2. The van der Waals surface area contributed by atoms with Gasteiger partial charge < -0.3 is 10.4 Å². The number of benzene rings is 1. The normalized spacial score (nSPS) is 11.0. The molecule has 0 saturated carbocycles. The van der Waals surface area contributed by atoms with Gasteiger partial charge >= 0.3 is 5.97 Å². The van der Waals surface area contributed by atoms with E-state index in [9.17, 15) is 14.0 Å². The number of carboxylic acids is 1. The summed E-state index contributed by atoms with van der Waals surface area (Å²) in [5.74, 6) is -1.99. The summed E-state index contributed by atoms with van der Waals surface area (Å²) in [7, 11) is 0. The van der Waals surface area contributed by atoms with Crippen LogP contribution >= 0.6 is 0 Å². The molecule has 1 amide bonds. The van der Waals surface area contributed by atoms with Crippen molar-refractivity contribution in [2.75, 3.05) is 6.54 Å². The van der Waals surface area contributed by atoms with Gasteiger partial charge in [-0.3, -0.25) is 9.59 Å². The molecule has 2 N–H and O–H groups in total.